The normalized spacial score (nSPS) is 12.5. The molecule has 0 aliphatic heterocycles. The number of benzene rings is 1. The Morgan fingerprint density at radius 2 is 2.00 bits per heavy atom. The van der Waals surface area contributed by atoms with Crippen molar-refractivity contribution in [1.29, 1.82) is 0 Å². The van der Waals surface area contributed by atoms with E-state index < -0.39 is 0 Å². The highest BCUT2D eigenvalue weighted by Gasteiger charge is 2.17. The maximum absolute atomic E-state index is 6.53. The third-order valence-corrected chi connectivity index (χ3v) is 5.55. The standard InChI is InChI=1S/C13H11Br2ClOS/c1-7-3-4-8(5-10(7)17-2)12(16)9-6-11(14)18-13(9)15/h3-6,12H,1-2H3. The Bertz CT molecular complexity index is 568. The molecule has 0 spiro atoms. The molecular formula is C13H11Br2ClOS. The molecule has 2 aromatic rings. The lowest BCUT2D eigenvalue weighted by Crippen LogP contribution is -1.95. The van der Waals surface area contributed by atoms with Crippen LogP contribution in [0.3, 0.4) is 0 Å². The second-order valence-electron chi connectivity index (χ2n) is 3.87. The first-order valence-electron chi connectivity index (χ1n) is 5.26. The summed E-state index contributed by atoms with van der Waals surface area (Å²) in [6, 6.07) is 8.09. The minimum Gasteiger partial charge on any atom is -0.496 e. The van der Waals surface area contributed by atoms with Crippen LogP contribution in [0.1, 0.15) is 22.1 Å². The second-order valence-corrected chi connectivity index (χ2v) is 8.06. The van der Waals surface area contributed by atoms with Gasteiger partial charge in [-0.1, -0.05) is 12.1 Å². The Labute approximate surface area is 132 Å². The molecule has 1 heterocycles. The zero-order valence-corrected chi connectivity index (χ0v) is 14.6. The van der Waals surface area contributed by atoms with Crippen molar-refractivity contribution < 1.29 is 4.74 Å². The molecule has 0 radical (unpaired) electrons. The van der Waals surface area contributed by atoms with Crippen molar-refractivity contribution in [2.75, 3.05) is 7.11 Å². The fourth-order valence-corrected chi connectivity index (χ4v) is 5.11. The predicted octanol–water partition coefficient (Wildman–Crippen LogP) is 5.92. The Kier molecular flexibility index (Phi) is 4.75. The highest BCUT2D eigenvalue weighted by Crippen LogP contribution is 2.41. The van der Waals surface area contributed by atoms with E-state index in [9.17, 15) is 0 Å². The van der Waals surface area contributed by atoms with Crippen LogP contribution in [0.25, 0.3) is 0 Å². The molecule has 1 aromatic carbocycles. The number of thiophene rings is 1. The summed E-state index contributed by atoms with van der Waals surface area (Å²) in [5.41, 5.74) is 3.21. The molecule has 18 heavy (non-hydrogen) atoms. The van der Waals surface area contributed by atoms with Gasteiger partial charge < -0.3 is 4.74 Å². The summed E-state index contributed by atoms with van der Waals surface area (Å²) in [5.74, 6) is 0.864. The van der Waals surface area contributed by atoms with Crippen LogP contribution in [0.2, 0.25) is 0 Å². The molecule has 1 aromatic heterocycles. The number of hydrogen-bond donors (Lipinski definition) is 0. The maximum Gasteiger partial charge on any atom is 0.122 e. The van der Waals surface area contributed by atoms with Gasteiger partial charge in [0.2, 0.25) is 0 Å². The first-order valence-corrected chi connectivity index (χ1v) is 8.10. The summed E-state index contributed by atoms with van der Waals surface area (Å²) >= 11 is 15.2. The number of ether oxygens (including phenoxy) is 1. The van der Waals surface area contributed by atoms with Crippen molar-refractivity contribution in [3.8, 4) is 5.75 Å². The Morgan fingerprint density at radius 1 is 1.28 bits per heavy atom. The van der Waals surface area contributed by atoms with Gasteiger partial charge in [0.15, 0.2) is 0 Å². The van der Waals surface area contributed by atoms with E-state index in [1.165, 1.54) is 0 Å². The third-order valence-electron chi connectivity index (χ3n) is 2.68. The quantitative estimate of drug-likeness (QED) is 0.571. The average molecular weight is 411 g/mol. The molecular weight excluding hydrogens is 399 g/mol. The molecule has 0 amide bonds. The molecule has 0 saturated carbocycles. The zero-order chi connectivity index (χ0) is 13.3. The lowest BCUT2D eigenvalue weighted by molar-refractivity contribution is 0.411. The average Bonchev–Trinajstić information content (AvgIpc) is 2.68. The van der Waals surface area contributed by atoms with E-state index in [0.717, 1.165) is 30.0 Å². The number of halogens is 3. The van der Waals surface area contributed by atoms with Crippen molar-refractivity contribution in [2.24, 2.45) is 0 Å². The number of hydrogen-bond acceptors (Lipinski definition) is 2. The van der Waals surface area contributed by atoms with E-state index in [4.69, 9.17) is 16.3 Å². The van der Waals surface area contributed by atoms with E-state index in [2.05, 4.69) is 31.9 Å². The lowest BCUT2D eigenvalue weighted by atomic mass is 10.0. The highest BCUT2D eigenvalue weighted by atomic mass is 79.9. The van der Waals surface area contributed by atoms with E-state index in [-0.39, 0.29) is 5.38 Å². The van der Waals surface area contributed by atoms with E-state index >= 15 is 0 Å². The molecule has 0 N–H and O–H groups in total. The van der Waals surface area contributed by atoms with Crippen LogP contribution < -0.4 is 4.74 Å². The van der Waals surface area contributed by atoms with Crippen molar-refractivity contribution in [3.63, 3.8) is 0 Å². The monoisotopic (exact) mass is 408 g/mol. The molecule has 0 bridgehead atoms. The molecule has 1 atom stereocenters. The van der Waals surface area contributed by atoms with Gasteiger partial charge in [0.1, 0.15) is 5.75 Å². The number of rotatable bonds is 3. The zero-order valence-electron chi connectivity index (χ0n) is 9.84. The summed E-state index contributed by atoms with van der Waals surface area (Å²) in [5, 5.41) is -0.184. The third kappa shape index (κ3) is 2.93. The van der Waals surface area contributed by atoms with Crippen molar-refractivity contribution in [1.82, 2.24) is 0 Å². The van der Waals surface area contributed by atoms with E-state index in [1.54, 1.807) is 18.4 Å². The van der Waals surface area contributed by atoms with Crippen LogP contribution >= 0.6 is 54.8 Å². The molecule has 0 saturated heterocycles. The molecule has 1 nitrogen and oxygen atoms in total. The smallest absolute Gasteiger partial charge is 0.122 e. The number of alkyl halides is 1. The molecule has 0 aliphatic rings. The van der Waals surface area contributed by atoms with Gasteiger partial charge in [-0.05, 0) is 62.0 Å². The minimum atomic E-state index is -0.184. The van der Waals surface area contributed by atoms with E-state index in [1.807, 2.05) is 31.2 Å². The van der Waals surface area contributed by atoms with Crippen LogP contribution in [0.5, 0.6) is 5.75 Å². The molecule has 5 heteroatoms. The topological polar surface area (TPSA) is 9.23 Å². The van der Waals surface area contributed by atoms with Gasteiger partial charge in [0.25, 0.3) is 0 Å². The van der Waals surface area contributed by atoms with Crippen molar-refractivity contribution >= 4 is 54.8 Å². The van der Waals surface area contributed by atoms with Gasteiger partial charge in [-0.25, -0.2) is 0 Å². The van der Waals surface area contributed by atoms with Gasteiger partial charge >= 0.3 is 0 Å². The van der Waals surface area contributed by atoms with Crippen LogP contribution in [0.4, 0.5) is 0 Å². The van der Waals surface area contributed by atoms with Gasteiger partial charge in [0, 0.05) is 5.56 Å². The first-order chi connectivity index (χ1) is 8.52. The molecule has 96 valence electrons. The van der Waals surface area contributed by atoms with Crippen molar-refractivity contribution in [2.45, 2.75) is 12.3 Å². The largest absolute Gasteiger partial charge is 0.496 e. The van der Waals surface area contributed by atoms with Gasteiger partial charge in [-0.15, -0.1) is 22.9 Å². The summed E-state index contributed by atoms with van der Waals surface area (Å²) in [6.45, 7) is 2.02. The first kappa shape index (κ1) is 14.4. The SMILES string of the molecule is COc1cc(C(Cl)c2cc(Br)sc2Br)ccc1C. The molecule has 2 rings (SSSR count). The molecule has 1 unspecified atom stereocenters. The molecule has 0 fully saturated rings. The predicted molar refractivity (Wildman–Crippen MR) is 85.1 cm³/mol. The highest BCUT2D eigenvalue weighted by molar-refractivity contribution is 9.12. The number of aryl methyl sites for hydroxylation is 1. The van der Waals surface area contributed by atoms with Crippen LogP contribution in [-0.4, -0.2) is 7.11 Å². The van der Waals surface area contributed by atoms with E-state index in [0.29, 0.717) is 0 Å². The summed E-state index contributed by atoms with van der Waals surface area (Å²) in [7, 11) is 1.67. The lowest BCUT2D eigenvalue weighted by Gasteiger charge is -2.12. The van der Waals surface area contributed by atoms with Crippen LogP contribution in [0, 0.1) is 6.92 Å². The van der Waals surface area contributed by atoms with Gasteiger partial charge in [-0.2, -0.15) is 0 Å². The summed E-state index contributed by atoms with van der Waals surface area (Å²) in [6.07, 6.45) is 0. The van der Waals surface area contributed by atoms with Gasteiger partial charge in [0.05, 0.1) is 20.1 Å². The Balaban J connectivity index is 2.39. The number of methoxy groups -OCH3 is 1. The maximum atomic E-state index is 6.53. The van der Waals surface area contributed by atoms with Crippen LogP contribution in [-0.2, 0) is 0 Å². The fraction of sp³-hybridized carbons (Fsp3) is 0.231. The Morgan fingerprint density at radius 3 is 2.56 bits per heavy atom. The summed E-state index contributed by atoms with van der Waals surface area (Å²) < 4.78 is 7.44. The van der Waals surface area contributed by atoms with Gasteiger partial charge in [-0.3, -0.25) is 0 Å². The Hall–Kier alpha value is -0.0300. The van der Waals surface area contributed by atoms with Crippen LogP contribution in [0.15, 0.2) is 31.8 Å². The summed E-state index contributed by atoms with van der Waals surface area (Å²) in [4.78, 5) is 0. The second kappa shape index (κ2) is 5.95. The minimum absolute atomic E-state index is 0.184. The van der Waals surface area contributed by atoms with Crippen molar-refractivity contribution in [3.05, 3.63) is 48.5 Å². The fourth-order valence-electron chi connectivity index (χ4n) is 1.70. The molecule has 0 aliphatic carbocycles.